The molecule has 10 rings (SSSR count). The molecule has 6 atom stereocenters. The average molecular weight is 1950 g/mol. The highest BCUT2D eigenvalue weighted by Gasteiger charge is 2.33. The molecule has 2 aliphatic heterocycles. The van der Waals surface area contributed by atoms with Crippen molar-refractivity contribution in [3.05, 3.63) is 211 Å². The molecule has 3 heterocycles. The van der Waals surface area contributed by atoms with E-state index < -0.39 is 105 Å². The number of likely N-dealkylation sites (N-methyl/N-ethyl adjacent to an activating group) is 1. The molecule has 15 N–H and O–H groups in total. The summed E-state index contributed by atoms with van der Waals surface area (Å²) < 4.78 is 73.9. The Morgan fingerprint density at radius 2 is 0.875 bits per heavy atom. The number of aliphatic hydroxyl groups excluding tert-OH is 10. The minimum Gasteiger partial charge on any atom is -0.507 e. The number of esters is 4. The van der Waals surface area contributed by atoms with Gasteiger partial charge < -0.3 is 128 Å². The maximum Gasteiger partial charge on any atom is 0.412 e. The van der Waals surface area contributed by atoms with Crippen LogP contribution in [0, 0.1) is 5.82 Å². The van der Waals surface area contributed by atoms with Crippen molar-refractivity contribution in [2.45, 2.75) is 183 Å². The third-order valence-electron chi connectivity index (χ3n) is 20.2. The van der Waals surface area contributed by atoms with Crippen molar-refractivity contribution in [2.75, 3.05) is 147 Å². The predicted octanol–water partition coefficient (Wildman–Crippen LogP) is 13.4. The van der Waals surface area contributed by atoms with Crippen molar-refractivity contribution < 1.29 is 141 Å². The van der Waals surface area contributed by atoms with Gasteiger partial charge in [-0.25, -0.2) is 33.2 Å². The van der Waals surface area contributed by atoms with E-state index in [1.807, 2.05) is 43.1 Å². The van der Waals surface area contributed by atoms with Crippen LogP contribution in [0.5, 0.6) is 23.0 Å². The second-order valence-electron chi connectivity index (χ2n) is 33.0. The number of hydrogen-bond donors (Lipinski definition) is 14. The Labute approximate surface area is 798 Å². The van der Waals surface area contributed by atoms with E-state index >= 15 is 4.39 Å². The molecule has 2 aliphatic rings. The number of rotatable bonds is 37. The molecule has 0 saturated carbocycles. The Hall–Kier alpha value is -10.8. The summed E-state index contributed by atoms with van der Waals surface area (Å²) in [6.07, 6.45) is -4.91. The number of nitrogens with one attached hydrogen (secondary N) is 2. The van der Waals surface area contributed by atoms with E-state index in [2.05, 4.69) is 134 Å². The fourth-order valence-electron chi connectivity index (χ4n) is 12.7. The van der Waals surface area contributed by atoms with Crippen molar-refractivity contribution in [1.82, 2.24) is 9.47 Å². The van der Waals surface area contributed by atoms with E-state index in [0.717, 1.165) is 64.0 Å². The molecule has 0 bridgehead atoms. The quantitative estimate of drug-likeness (QED) is 0.00565. The summed E-state index contributed by atoms with van der Waals surface area (Å²) in [6, 6.07) is 38.1. The Morgan fingerprint density at radius 1 is 0.493 bits per heavy atom. The largest absolute Gasteiger partial charge is 0.507 e. The Morgan fingerprint density at radius 3 is 1.27 bits per heavy atom. The first-order valence-corrected chi connectivity index (χ1v) is 46.5. The number of benzene rings is 7. The molecule has 38 heteroatoms. The molecule has 8 aromatic rings. The summed E-state index contributed by atoms with van der Waals surface area (Å²) in [5.74, 6) is 2.08. The maximum absolute atomic E-state index is 15.3. The zero-order valence-corrected chi connectivity index (χ0v) is 82.5. The number of para-hydroxylation sites is 3. The number of phenolic OH excluding ortho intramolecular Hbond substituents is 1. The van der Waals surface area contributed by atoms with Gasteiger partial charge in [0.15, 0.2) is 11.6 Å². The van der Waals surface area contributed by atoms with Crippen LogP contribution in [0.4, 0.5) is 36.7 Å². The van der Waals surface area contributed by atoms with Crippen LogP contribution in [0.3, 0.4) is 0 Å². The number of carbonyl (C=O) groups excluding carboxylic acids is 6. The van der Waals surface area contributed by atoms with Gasteiger partial charge in [0.1, 0.15) is 78.8 Å². The lowest BCUT2D eigenvalue weighted by molar-refractivity contribution is 0.00913. The lowest BCUT2D eigenvalue weighted by Crippen LogP contribution is -2.45. The number of aromatic nitrogens is 1. The first-order valence-electron chi connectivity index (χ1n) is 44.9. The number of amides is 2. The first-order chi connectivity index (χ1) is 64.7. The van der Waals surface area contributed by atoms with Gasteiger partial charge in [0.25, 0.3) is 0 Å². The minimum atomic E-state index is -1.24. The molecule has 752 valence electrons. The van der Waals surface area contributed by atoms with Crippen molar-refractivity contribution in [3.8, 4) is 23.0 Å². The maximum atomic E-state index is 15.3. The van der Waals surface area contributed by atoms with Crippen molar-refractivity contribution >= 4 is 87.8 Å². The minimum absolute atomic E-state index is 0.0362. The van der Waals surface area contributed by atoms with Gasteiger partial charge in [-0.1, -0.05) is 138 Å². The van der Waals surface area contributed by atoms with Gasteiger partial charge in [0.05, 0.1) is 106 Å². The van der Waals surface area contributed by atoms with Gasteiger partial charge >= 0.3 is 36.1 Å². The first kappa shape index (κ1) is 118. The molecule has 2 amide bonds. The number of aromatic hydroxyl groups is 1. The van der Waals surface area contributed by atoms with Crippen LogP contribution in [0.1, 0.15) is 227 Å². The monoisotopic (exact) mass is 1940 g/mol. The number of aliphatic hydroxyl groups is 10. The van der Waals surface area contributed by atoms with Crippen LogP contribution in [0.2, 0.25) is 0 Å². The van der Waals surface area contributed by atoms with Gasteiger partial charge in [-0.2, -0.15) is 0 Å². The summed E-state index contributed by atoms with van der Waals surface area (Å²) in [5, 5.41) is 104. The highest BCUT2D eigenvalue weighted by molar-refractivity contribution is 7.27. The number of anilines is 4. The summed E-state index contributed by atoms with van der Waals surface area (Å²) in [6.45, 7) is 33.1. The van der Waals surface area contributed by atoms with E-state index in [-0.39, 0.29) is 87.3 Å². The number of hydrogen-bond acceptors (Lipinski definition) is 32. The smallest absolute Gasteiger partial charge is 0.412 e. The second kappa shape index (κ2) is 62.2. The van der Waals surface area contributed by atoms with Gasteiger partial charge in [0, 0.05) is 49.4 Å². The Balaban J connectivity index is 0.000000338. The molecule has 136 heavy (non-hydrogen) atoms. The van der Waals surface area contributed by atoms with E-state index in [1.54, 1.807) is 49.6 Å². The number of pyridine rings is 1. The number of nitrogens with two attached hydrogens (primary N) is 1. The normalized spacial score (nSPS) is 13.4. The fraction of sp³-hybridized carbons (Fsp3) is 0.480. The van der Waals surface area contributed by atoms with E-state index in [1.165, 1.54) is 54.7 Å². The number of carbonyl (C=O) groups is 6. The van der Waals surface area contributed by atoms with Crippen molar-refractivity contribution in [1.29, 1.82) is 0 Å². The Kier molecular flexibility index (Phi) is 53.7. The number of halogens is 1. The van der Waals surface area contributed by atoms with Crippen LogP contribution in [0.25, 0.3) is 10.9 Å². The molecule has 0 spiro atoms. The third-order valence-corrected chi connectivity index (χ3v) is 21.5. The molecule has 0 aliphatic carbocycles. The van der Waals surface area contributed by atoms with Crippen molar-refractivity contribution in [2.24, 2.45) is 0 Å². The third kappa shape index (κ3) is 38.7. The van der Waals surface area contributed by atoms with Gasteiger partial charge in [-0.05, 0) is 182 Å². The average Bonchev–Trinajstić information content (AvgIpc) is 0.727. The number of piperazine rings is 1. The zero-order valence-electron chi connectivity index (χ0n) is 80.5. The highest BCUT2D eigenvalue weighted by atomic mass is 31.1. The molecule has 35 nitrogen and oxygen atoms in total. The summed E-state index contributed by atoms with van der Waals surface area (Å²) >= 11 is 0. The van der Waals surface area contributed by atoms with E-state index in [0.29, 0.717) is 118 Å². The zero-order chi connectivity index (χ0) is 101. The topological polar surface area (TPSA) is 505 Å². The van der Waals surface area contributed by atoms with Crippen LogP contribution >= 0.6 is 18.1 Å². The summed E-state index contributed by atoms with van der Waals surface area (Å²) in [7, 11) is 1.58. The number of nitrogens with zero attached hydrogens (tertiary/aromatic N) is 3. The number of phenols is 1. The molecule has 5 unspecified atom stereocenters. The summed E-state index contributed by atoms with van der Waals surface area (Å²) in [5.41, 5.74) is 14.8. The molecule has 0 radical (unpaired) electrons. The molecule has 1 aromatic heterocycles. The standard InChI is InChI=1S/C21H26FN3O6.2C15H25O4P.2C13H17NO6.C12H18O.C9H11NO2/c1-12-10-30-20-17-14(7-16(22)18(20)24-5-3-23(2)4-6-24)19(28)15(8-25(12)17)21(29)31-11-13(27)9-26;1-10(2)13-6-5-7-14(11(3)4)15(13)19-20-18-9-12(17)8-16;1-10(2)13-6-5-7-14(11(3)4)15(13)19-20-18-12(8-16)9-17;1-2-19-12(17)9-3-5-10(6-4-9)14-13(18)20-8-11(16)7-15;1-2-19-12(17)9-3-5-10(6-4-9)14-13(18)20-11(7-15)8-16;1-8(2)10-6-5-7-11(9(3)4)12(10)13;1-2-12-9(11)7-3-5-8(10)6-4-7/h7-8,12-13,26-27H,3-6,9-11H2,1-2H3;2*5-7,10-12,16-17,20H,8-9H2,1-4H3;2*3-6,11,15-16H,2,7-8H2,1H3,(H,14,18);5-9,13H,1-4H3;3-6H,2,10H2,1H3/t12-,13?;;;;;;/m0....../s1. The second-order valence-corrected chi connectivity index (χ2v) is 34.2. The molecular weight excluding hydrogens is 1810 g/mol. The van der Waals surface area contributed by atoms with Gasteiger partial charge in [-0.3, -0.25) is 15.4 Å². The predicted molar refractivity (Wildman–Crippen MR) is 521 cm³/mol. The van der Waals surface area contributed by atoms with E-state index in [4.69, 9.17) is 93.1 Å². The van der Waals surface area contributed by atoms with E-state index in [9.17, 15) is 48.9 Å². The molecular formula is C98H139FN6O29P2. The lowest BCUT2D eigenvalue weighted by Gasteiger charge is -2.37. The molecule has 1 saturated heterocycles. The van der Waals surface area contributed by atoms with Crippen LogP contribution in [0.15, 0.2) is 144 Å². The fourth-order valence-corrected chi connectivity index (χ4v) is 14.0. The van der Waals surface area contributed by atoms with Crippen LogP contribution in [-0.2, 0) is 37.5 Å². The van der Waals surface area contributed by atoms with Gasteiger partial charge in [0.2, 0.25) is 23.5 Å². The van der Waals surface area contributed by atoms with Crippen LogP contribution in [-0.4, -0.2) is 258 Å². The number of nitrogen functional groups attached to an aromatic ring is 1. The summed E-state index contributed by atoms with van der Waals surface area (Å²) in [4.78, 5) is 86.3. The van der Waals surface area contributed by atoms with Crippen LogP contribution < -0.4 is 40.5 Å². The number of ether oxygens (including phenoxy) is 7. The SMILES string of the molecule is CC(C)c1cccc(C(C)C)c1O.CC(C)c1cccc(C(C)C)c1OPOC(CO)CO.CC(C)c1cccc(C(C)C)c1OPOCC(O)CO.CCOC(=O)c1ccc(N)cc1.CCOC(=O)c1ccc(NC(=O)OC(CO)CO)cc1.CCOC(=O)c1ccc(NC(=O)OCC(O)CO)cc1.C[C@H]1COc2c(N3CCN(C)CC3)c(F)cc3c(=O)c(C(=O)OCC(O)CO)cn1c23. The lowest BCUT2D eigenvalue weighted by atomic mass is 9.94. The highest BCUT2D eigenvalue weighted by Crippen LogP contribution is 2.44. The molecule has 7 aromatic carbocycles. The van der Waals surface area contributed by atoms with Gasteiger partial charge in [-0.15, -0.1) is 0 Å². The Bertz CT molecular complexity index is 4920. The van der Waals surface area contributed by atoms with Crippen molar-refractivity contribution in [3.63, 3.8) is 0 Å². The molecule has 1 fully saturated rings.